The van der Waals surface area contributed by atoms with Gasteiger partial charge < -0.3 is 0 Å². The number of Topliss-reactive ketones (excluding diaryl/α,β-unsaturated/α-hetero) is 1. The van der Waals surface area contributed by atoms with Crippen molar-refractivity contribution in [3.63, 3.8) is 0 Å². The molecule has 0 atom stereocenters. The third kappa shape index (κ3) is 4.79. The molecule has 0 heterocycles. The predicted molar refractivity (Wildman–Crippen MR) is 129 cm³/mol. The van der Waals surface area contributed by atoms with E-state index in [0.29, 0.717) is 10.0 Å². The van der Waals surface area contributed by atoms with E-state index in [1.54, 1.807) is 0 Å². The molecule has 0 aromatic heterocycles. The summed E-state index contributed by atoms with van der Waals surface area (Å²) >= 11 is 12.3. The van der Waals surface area contributed by atoms with Crippen molar-refractivity contribution in [3.05, 3.63) is 98.6 Å². The van der Waals surface area contributed by atoms with E-state index in [1.807, 2.05) is 48.5 Å². The summed E-state index contributed by atoms with van der Waals surface area (Å²) in [6.07, 6.45) is 4.10. The summed E-state index contributed by atoms with van der Waals surface area (Å²) in [5.74, 6) is 0.130. The van der Waals surface area contributed by atoms with Gasteiger partial charge in [-0.25, -0.2) is 0 Å². The first-order valence-corrected chi connectivity index (χ1v) is 10.9. The van der Waals surface area contributed by atoms with Crippen LogP contribution in [0.5, 0.6) is 0 Å². The smallest absolute Gasteiger partial charge is 0.186 e. The van der Waals surface area contributed by atoms with Gasteiger partial charge in [-0.1, -0.05) is 89.0 Å². The molecule has 0 aliphatic heterocycles. The summed E-state index contributed by atoms with van der Waals surface area (Å²) in [6, 6.07) is 15.6. The van der Waals surface area contributed by atoms with Crippen LogP contribution >= 0.6 is 23.2 Å². The maximum Gasteiger partial charge on any atom is 0.186 e. The maximum atomic E-state index is 13.4. The fourth-order valence-corrected chi connectivity index (χ4v) is 3.87. The average molecular weight is 439 g/mol. The number of carbonyl (C=O) groups excluding carboxylic acids is 1. The number of hydrogen-bond acceptors (Lipinski definition) is 1. The van der Waals surface area contributed by atoms with E-state index in [-0.39, 0.29) is 16.6 Å². The molecule has 0 unspecified atom stereocenters. The van der Waals surface area contributed by atoms with E-state index in [2.05, 4.69) is 53.7 Å². The minimum Gasteiger partial charge on any atom is -0.289 e. The molecule has 2 aromatic carbocycles. The van der Waals surface area contributed by atoms with Gasteiger partial charge in [0.2, 0.25) is 0 Å². The van der Waals surface area contributed by atoms with Crippen LogP contribution in [0, 0.1) is 10.8 Å². The molecule has 0 spiro atoms. The highest BCUT2D eigenvalue weighted by Crippen LogP contribution is 2.41. The monoisotopic (exact) mass is 438 g/mol. The van der Waals surface area contributed by atoms with Gasteiger partial charge in [0.15, 0.2) is 5.78 Å². The normalized spacial score (nSPS) is 15.1. The Bertz CT molecular complexity index is 968. The van der Waals surface area contributed by atoms with E-state index in [1.165, 1.54) is 0 Å². The topological polar surface area (TPSA) is 17.1 Å². The van der Waals surface area contributed by atoms with Crippen LogP contribution in [-0.2, 0) is 4.79 Å². The zero-order valence-corrected chi connectivity index (χ0v) is 19.9. The Morgan fingerprint density at radius 3 is 1.27 bits per heavy atom. The number of ketones is 1. The molecule has 156 valence electrons. The van der Waals surface area contributed by atoms with Crippen molar-refractivity contribution in [3.8, 4) is 0 Å². The van der Waals surface area contributed by atoms with Crippen molar-refractivity contribution in [2.45, 2.75) is 41.5 Å². The number of halogens is 2. The van der Waals surface area contributed by atoms with Gasteiger partial charge in [0.1, 0.15) is 0 Å². The van der Waals surface area contributed by atoms with Crippen molar-refractivity contribution in [1.29, 1.82) is 0 Å². The summed E-state index contributed by atoms with van der Waals surface area (Å²) in [6.45, 7) is 12.5. The minimum absolute atomic E-state index is 0.130. The van der Waals surface area contributed by atoms with Gasteiger partial charge in [-0.15, -0.1) is 0 Å². The quantitative estimate of drug-likeness (QED) is 0.460. The first-order chi connectivity index (χ1) is 13.9. The minimum atomic E-state index is -0.266. The van der Waals surface area contributed by atoms with E-state index in [0.717, 1.165) is 33.4 Å². The molecule has 0 saturated heterocycles. The van der Waals surface area contributed by atoms with E-state index in [4.69, 9.17) is 23.2 Å². The fraction of sp³-hybridized carbons (Fsp3) is 0.296. The second kappa shape index (κ2) is 8.21. The molecule has 0 radical (unpaired) electrons. The zero-order chi connectivity index (χ0) is 22.3. The van der Waals surface area contributed by atoms with Gasteiger partial charge in [-0.05, 0) is 69.5 Å². The van der Waals surface area contributed by atoms with Gasteiger partial charge in [-0.3, -0.25) is 4.79 Å². The second-order valence-electron chi connectivity index (χ2n) is 9.79. The van der Waals surface area contributed by atoms with Gasteiger partial charge in [0.25, 0.3) is 0 Å². The SMILES string of the molecule is CC(C)(C)C1=CC(=C(c2ccc(Cl)cc2)c2ccc(Cl)cc2)C=C(C(C)(C)C)C1=O. The lowest BCUT2D eigenvalue weighted by Crippen LogP contribution is -2.28. The molecule has 3 heteroatoms. The Morgan fingerprint density at radius 2 is 0.967 bits per heavy atom. The molecular weight excluding hydrogens is 411 g/mol. The number of carbonyl (C=O) groups is 1. The second-order valence-corrected chi connectivity index (χ2v) is 10.7. The van der Waals surface area contributed by atoms with E-state index >= 15 is 0 Å². The molecular formula is C27H28Cl2O. The van der Waals surface area contributed by atoms with Gasteiger partial charge >= 0.3 is 0 Å². The van der Waals surface area contributed by atoms with Gasteiger partial charge in [-0.2, -0.15) is 0 Å². The van der Waals surface area contributed by atoms with E-state index in [9.17, 15) is 4.79 Å². The van der Waals surface area contributed by atoms with Crippen LogP contribution < -0.4 is 0 Å². The molecule has 0 saturated carbocycles. The molecule has 0 bridgehead atoms. The fourth-order valence-electron chi connectivity index (χ4n) is 3.62. The Balaban J connectivity index is 2.39. The van der Waals surface area contributed by atoms with Crippen LogP contribution in [0.1, 0.15) is 52.7 Å². The zero-order valence-electron chi connectivity index (χ0n) is 18.4. The largest absolute Gasteiger partial charge is 0.289 e. The number of hydrogen-bond donors (Lipinski definition) is 0. The third-order valence-corrected chi connectivity index (χ3v) is 5.76. The Hall–Kier alpha value is -2.09. The average Bonchev–Trinajstić information content (AvgIpc) is 2.64. The molecule has 0 amide bonds. The van der Waals surface area contributed by atoms with Crippen LogP contribution in [0.4, 0.5) is 0 Å². The van der Waals surface area contributed by atoms with Crippen LogP contribution in [-0.4, -0.2) is 5.78 Å². The summed E-state index contributed by atoms with van der Waals surface area (Å²) in [5, 5.41) is 1.38. The standard InChI is InChI=1S/C27H28Cl2O/c1-26(2,3)22-15-19(16-23(25(22)30)27(4,5)6)24(17-7-11-20(28)12-8-17)18-9-13-21(29)14-10-18/h7-16H,1-6H3. The number of benzene rings is 2. The van der Waals surface area contributed by atoms with Crippen LogP contribution in [0.3, 0.4) is 0 Å². The lowest BCUT2D eigenvalue weighted by molar-refractivity contribution is -0.114. The van der Waals surface area contributed by atoms with Crippen molar-refractivity contribution in [1.82, 2.24) is 0 Å². The highest BCUT2D eigenvalue weighted by atomic mass is 35.5. The van der Waals surface area contributed by atoms with Crippen molar-refractivity contribution in [2.24, 2.45) is 10.8 Å². The van der Waals surface area contributed by atoms with Crippen molar-refractivity contribution < 1.29 is 4.79 Å². The predicted octanol–water partition coefficient (Wildman–Crippen LogP) is 8.32. The molecule has 2 aromatic rings. The lowest BCUT2D eigenvalue weighted by Gasteiger charge is -2.32. The summed E-state index contributed by atoms with van der Waals surface area (Å²) in [4.78, 5) is 13.4. The molecule has 1 nitrogen and oxygen atoms in total. The van der Waals surface area contributed by atoms with Crippen LogP contribution in [0.15, 0.2) is 77.4 Å². The van der Waals surface area contributed by atoms with E-state index < -0.39 is 0 Å². The lowest BCUT2D eigenvalue weighted by atomic mass is 9.71. The molecule has 3 rings (SSSR count). The molecule has 0 N–H and O–H groups in total. The first-order valence-electron chi connectivity index (χ1n) is 10.1. The Kier molecular flexibility index (Phi) is 6.18. The first kappa shape index (κ1) is 22.6. The summed E-state index contributed by atoms with van der Waals surface area (Å²) in [7, 11) is 0. The molecule has 0 fully saturated rings. The van der Waals surface area contributed by atoms with Crippen molar-refractivity contribution in [2.75, 3.05) is 0 Å². The Morgan fingerprint density at radius 1 is 0.633 bits per heavy atom. The van der Waals surface area contributed by atoms with Gasteiger partial charge in [0.05, 0.1) is 0 Å². The van der Waals surface area contributed by atoms with Crippen molar-refractivity contribution >= 4 is 34.6 Å². The molecule has 1 aliphatic carbocycles. The maximum absolute atomic E-state index is 13.4. The third-order valence-electron chi connectivity index (χ3n) is 5.26. The highest BCUT2D eigenvalue weighted by Gasteiger charge is 2.34. The van der Waals surface area contributed by atoms with Crippen LogP contribution in [0.2, 0.25) is 10.0 Å². The molecule has 1 aliphatic rings. The van der Waals surface area contributed by atoms with Gasteiger partial charge in [0, 0.05) is 21.2 Å². The Labute approximate surface area is 190 Å². The summed E-state index contributed by atoms with van der Waals surface area (Å²) in [5.41, 5.74) is 5.28. The van der Waals surface area contributed by atoms with Crippen LogP contribution in [0.25, 0.3) is 5.57 Å². The number of rotatable bonds is 2. The summed E-state index contributed by atoms with van der Waals surface area (Å²) < 4.78 is 0. The number of allylic oxidation sites excluding steroid dienone is 5. The molecule has 30 heavy (non-hydrogen) atoms. The highest BCUT2D eigenvalue weighted by molar-refractivity contribution is 6.31.